The van der Waals surface area contributed by atoms with Crippen LogP contribution in [0, 0.1) is 0 Å². The lowest BCUT2D eigenvalue weighted by Crippen LogP contribution is -2.42. The summed E-state index contributed by atoms with van der Waals surface area (Å²) in [5, 5.41) is 6.65. The highest BCUT2D eigenvalue weighted by molar-refractivity contribution is 6.32. The van der Waals surface area contributed by atoms with Gasteiger partial charge in [0, 0.05) is 61.0 Å². The number of pyridine rings is 1. The molecular formula is C27H30ClN7O2. The molecular weight excluding hydrogens is 490 g/mol. The second-order valence-corrected chi connectivity index (χ2v) is 9.48. The topological polar surface area (TPSA) is 103 Å². The van der Waals surface area contributed by atoms with Crippen molar-refractivity contribution in [3.63, 3.8) is 0 Å². The summed E-state index contributed by atoms with van der Waals surface area (Å²) in [5.74, 6) is 0.277. The number of nitrogens with one attached hydrogen (secondary N) is 2. The molecule has 1 fully saturated rings. The molecule has 37 heavy (non-hydrogen) atoms. The van der Waals surface area contributed by atoms with Crippen molar-refractivity contribution in [3.8, 4) is 11.3 Å². The Morgan fingerprint density at radius 1 is 1.14 bits per heavy atom. The van der Waals surface area contributed by atoms with Crippen molar-refractivity contribution in [2.24, 2.45) is 0 Å². The van der Waals surface area contributed by atoms with Gasteiger partial charge in [0.25, 0.3) is 5.91 Å². The summed E-state index contributed by atoms with van der Waals surface area (Å²) in [6.45, 7) is 1.93. The van der Waals surface area contributed by atoms with Gasteiger partial charge in [0.1, 0.15) is 0 Å². The maximum Gasteiger partial charge on any atom is 0.253 e. The fourth-order valence-corrected chi connectivity index (χ4v) is 4.18. The summed E-state index contributed by atoms with van der Waals surface area (Å²) in [4.78, 5) is 41.9. The van der Waals surface area contributed by atoms with Crippen molar-refractivity contribution in [3.05, 3.63) is 77.7 Å². The van der Waals surface area contributed by atoms with E-state index in [1.165, 1.54) is 6.08 Å². The molecule has 192 valence electrons. The van der Waals surface area contributed by atoms with Crippen molar-refractivity contribution in [2.45, 2.75) is 18.9 Å². The minimum absolute atomic E-state index is 0.0242. The van der Waals surface area contributed by atoms with Gasteiger partial charge in [0.05, 0.1) is 16.9 Å². The Balaban J connectivity index is 1.29. The van der Waals surface area contributed by atoms with E-state index in [9.17, 15) is 9.59 Å². The van der Waals surface area contributed by atoms with Crippen LogP contribution in [0.1, 0.15) is 23.2 Å². The van der Waals surface area contributed by atoms with E-state index < -0.39 is 0 Å². The normalized spacial score (nSPS) is 14.2. The number of piperidine rings is 1. The zero-order valence-electron chi connectivity index (χ0n) is 20.9. The van der Waals surface area contributed by atoms with E-state index >= 15 is 0 Å². The lowest BCUT2D eigenvalue weighted by molar-refractivity contribution is -0.111. The summed E-state index contributed by atoms with van der Waals surface area (Å²) in [5.41, 5.74) is 2.69. The van der Waals surface area contributed by atoms with Crippen LogP contribution >= 0.6 is 11.6 Å². The Bertz CT molecular complexity index is 1240. The summed E-state index contributed by atoms with van der Waals surface area (Å²) in [6, 6.07) is 10.9. The minimum Gasteiger partial charge on any atom is -0.351 e. The molecule has 4 rings (SSSR count). The maximum atomic E-state index is 13.0. The third-order valence-corrected chi connectivity index (χ3v) is 6.21. The fourth-order valence-electron chi connectivity index (χ4n) is 3.98. The van der Waals surface area contributed by atoms with Crippen LogP contribution in [0.15, 0.2) is 67.1 Å². The lowest BCUT2D eigenvalue weighted by Gasteiger charge is -2.32. The molecule has 0 radical (unpaired) electrons. The fraction of sp³-hybridized carbons (Fsp3) is 0.296. The van der Waals surface area contributed by atoms with E-state index in [0.717, 1.165) is 18.4 Å². The summed E-state index contributed by atoms with van der Waals surface area (Å²) in [7, 11) is 3.87. The largest absolute Gasteiger partial charge is 0.351 e. The van der Waals surface area contributed by atoms with Crippen molar-refractivity contribution in [1.29, 1.82) is 0 Å². The number of carbonyl (C=O) groups excluding carboxylic acids is 2. The molecule has 0 unspecified atom stereocenters. The molecule has 2 N–H and O–H groups in total. The Morgan fingerprint density at radius 3 is 2.57 bits per heavy atom. The highest BCUT2D eigenvalue weighted by Gasteiger charge is 2.24. The summed E-state index contributed by atoms with van der Waals surface area (Å²) >= 11 is 6.30. The zero-order valence-corrected chi connectivity index (χ0v) is 21.7. The van der Waals surface area contributed by atoms with Crippen LogP contribution < -0.4 is 10.6 Å². The van der Waals surface area contributed by atoms with Crippen molar-refractivity contribution < 1.29 is 9.59 Å². The van der Waals surface area contributed by atoms with Gasteiger partial charge < -0.3 is 20.4 Å². The number of likely N-dealkylation sites (N-methyl/N-ethyl adjacent to an activating group) is 1. The number of aromatic nitrogens is 3. The molecule has 1 saturated heterocycles. The molecule has 10 heteroatoms. The first-order chi connectivity index (χ1) is 17.9. The van der Waals surface area contributed by atoms with Gasteiger partial charge in [-0.25, -0.2) is 9.97 Å². The average Bonchev–Trinajstić information content (AvgIpc) is 2.90. The molecule has 1 aliphatic rings. The molecule has 2 aromatic heterocycles. The van der Waals surface area contributed by atoms with Crippen LogP contribution in [0.5, 0.6) is 0 Å². The Kier molecular flexibility index (Phi) is 8.81. The molecule has 0 bridgehead atoms. The first-order valence-electron chi connectivity index (χ1n) is 12.1. The van der Waals surface area contributed by atoms with E-state index in [1.807, 2.05) is 36.0 Å². The van der Waals surface area contributed by atoms with Crippen LogP contribution in [-0.4, -0.2) is 76.3 Å². The molecule has 2 amide bonds. The van der Waals surface area contributed by atoms with Gasteiger partial charge in [-0.15, -0.1) is 0 Å². The number of hydrogen-bond acceptors (Lipinski definition) is 7. The maximum absolute atomic E-state index is 13.0. The summed E-state index contributed by atoms with van der Waals surface area (Å²) < 4.78 is 0. The number of halogens is 1. The molecule has 0 spiro atoms. The van der Waals surface area contributed by atoms with Crippen LogP contribution in [0.2, 0.25) is 5.02 Å². The number of carbonyl (C=O) groups is 2. The molecule has 3 aromatic rings. The first-order valence-corrected chi connectivity index (χ1v) is 12.5. The van der Waals surface area contributed by atoms with E-state index in [-0.39, 0.29) is 17.9 Å². The van der Waals surface area contributed by atoms with Gasteiger partial charge >= 0.3 is 0 Å². The van der Waals surface area contributed by atoms with Crippen LogP contribution in [0.4, 0.5) is 11.6 Å². The average molecular weight is 520 g/mol. The molecule has 0 atom stereocenters. The minimum atomic E-state index is -0.201. The number of benzene rings is 1. The zero-order chi connectivity index (χ0) is 26.2. The number of anilines is 2. The third-order valence-electron chi connectivity index (χ3n) is 5.93. The van der Waals surface area contributed by atoms with Gasteiger partial charge in [-0.3, -0.25) is 14.6 Å². The smallest absolute Gasteiger partial charge is 0.253 e. The number of amides is 2. The van der Waals surface area contributed by atoms with Gasteiger partial charge in [0.2, 0.25) is 11.9 Å². The lowest BCUT2D eigenvalue weighted by atomic mass is 10.0. The van der Waals surface area contributed by atoms with E-state index in [1.54, 1.807) is 48.9 Å². The van der Waals surface area contributed by atoms with Crippen molar-refractivity contribution in [2.75, 3.05) is 44.4 Å². The van der Waals surface area contributed by atoms with Gasteiger partial charge in [-0.2, -0.15) is 0 Å². The van der Waals surface area contributed by atoms with Crippen LogP contribution in [0.3, 0.4) is 0 Å². The van der Waals surface area contributed by atoms with Gasteiger partial charge in [-0.1, -0.05) is 17.7 Å². The molecule has 0 aliphatic carbocycles. The van der Waals surface area contributed by atoms with Crippen LogP contribution in [0.25, 0.3) is 11.3 Å². The van der Waals surface area contributed by atoms with Crippen LogP contribution in [-0.2, 0) is 4.79 Å². The quantitative estimate of drug-likeness (QED) is 0.434. The number of rotatable bonds is 8. The molecule has 1 aromatic carbocycles. The standard InChI is InChI=1S/C27H30ClN7O2/c1-34(2)14-4-6-24(36)31-21-9-7-19(8-10-21)26(37)35-15-11-22(12-16-35)32-27-30-18-23(28)25(33-27)20-5-3-13-29-17-20/h3-10,13,17-18,22H,11-12,14-16H2,1-2H3,(H,31,36)(H,30,32,33). The van der Waals surface area contributed by atoms with Gasteiger partial charge in [0.15, 0.2) is 0 Å². The second-order valence-electron chi connectivity index (χ2n) is 9.07. The Labute approximate surface area is 221 Å². The highest BCUT2D eigenvalue weighted by Crippen LogP contribution is 2.26. The van der Waals surface area contributed by atoms with Gasteiger partial charge in [-0.05, 0) is 63.3 Å². The van der Waals surface area contributed by atoms with E-state index in [0.29, 0.717) is 47.6 Å². The second kappa shape index (κ2) is 12.4. The molecule has 3 heterocycles. The monoisotopic (exact) mass is 519 g/mol. The molecule has 1 aliphatic heterocycles. The number of likely N-dealkylation sites (tertiary alicyclic amines) is 1. The predicted molar refractivity (Wildman–Crippen MR) is 146 cm³/mol. The number of hydrogen-bond donors (Lipinski definition) is 2. The Morgan fingerprint density at radius 2 is 1.89 bits per heavy atom. The SMILES string of the molecule is CN(C)CC=CC(=O)Nc1ccc(C(=O)N2CCC(Nc3ncc(Cl)c(-c4cccnc4)n3)CC2)cc1. The Hall–Kier alpha value is -3.82. The molecule has 9 nitrogen and oxygen atoms in total. The highest BCUT2D eigenvalue weighted by atomic mass is 35.5. The van der Waals surface area contributed by atoms with E-state index in [2.05, 4.69) is 25.6 Å². The van der Waals surface area contributed by atoms with E-state index in [4.69, 9.17) is 11.6 Å². The number of nitrogens with zero attached hydrogens (tertiary/aromatic N) is 5. The summed E-state index contributed by atoms with van der Waals surface area (Å²) in [6.07, 6.45) is 9.85. The molecule has 0 saturated carbocycles. The first kappa shape index (κ1) is 26.2. The van der Waals surface area contributed by atoms with Crippen molar-refractivity contribution >= 4 is 35.1 Å². The van der Waals surface area contributed by atoms with Crippen molar-refractivity contribution in [1.82, 2.24) is 24.8 Å². The third kappa shape index (κ3) is 7.34. The predicted octanol–water partition coefficient (Wildman–Crippen LogP) is 3.97.